The molecule has 0 spiro atoms. The predicted octanol–water partition coefficient (Wildman–Crippen LogP) is 1.97. The number of hydrogen-bond acceptors (Lipinski definition) is 3. The summed E-state index contributed by atoms with van der Waals surface area (Å²) in [4.78, 5) is 1.55. The summed E-state index contributed by atoms with van der Waals surface area (Å²) in [5.74, 6) is 0. The molecule has 0 saturated heterocycles. The third-order valence-corrected chi connectivity index (χ3v) is 2.24. The second-order valence-electron chi connectivity index (χ2n) is 3.01. The number of rotatable bonds is 1. The Labute approximate surface area is 82.8 Å². The molecule has 14 heavy (non-hydrogen) atoms. The van der Waals surface area contributed by atoms with Crippen LogP contribution in [0.3, 0.4) is 0 Å². The van der Waals surface area contributed by atoms with Crippen LogP contribution in [0, 0.1) is 11.5 Å². The second kappa shape index (κ2) is 3.52. The van der Waals surface area contributed by atoms with Crippen molar-refractivity contribution < 1.29 is 4.74 Å². The van der Waals surface area contributed by atoms with E-state index in [1.165, 1.54) is 0 Å². The van der Waals surface area contributed by atoms with Crippen LogP contribution >= 0.6 is 0 Å². The van der Waals surface area contributed by atoms with Crippen LogP contribution in [0.25, 0.3) is 6.08 Å². The van der Waals surface area contributed by atoms with Gasteiger partial charge in [-0.15, -0.1) is 0 Å². The molecule has 0 aliphatic carbocycles. The number of ether oxygens (including phenoxy) is 1. The highest BCUT2D eigenvalue weighted by atomic mass is 16.5. The van der Waals surface area contributed by atoms with Gasteiger partial charge in [0.15, 0.2) is 12.4 Å². The van der Waals surface area contributed by atoms with Crippen LogP contribution in [0.15, 0.2) is 30.3 Å². The molecule has 0 aromatic heterocycles. The van der Waals surface area contributed by atoms with E-state index in [4.69, 9.17) is 10.00 Å². The van der Waals surface area contributed by atoms with E-state index in [1.54, 1.807) is 12.0 Å². The summed E-state index contributed by atoms with van der Waals surface area (Å²) >= 11 is 0. The fourth-order valence-corrected chi connectivity index (χ4v) is 1.55. The average Bonchev–Trinajstić information content (AvgIpc) is 2.27. The molecule has 2 rings (SSSR count). The SMILES string of the molecule is COC1C=Cc2ccccc2N1C#N. The molecule has 0 N–H and O–H groups in total. The van der Waals surface area contributed by atoms with Gasteiger partial charge in [-0.2, -0.15) is 5.26 Å². The first-order valence-corrected chi connectivity index (χ1v) is 4.36. The van der Waals surface area contributed by atoms with Crippen LogP contribution in [0.5, 0.6) is 0 Å². The van der Waals surface area contributed by atoms with Crippen molar-refractivity contribution in [2.24, 2.45) is 0 Å². The molecule has 1 aliphatic heterocycles. The molecule has 70 valence electrons. The molecule has 3 nitrogen and oxygen atoms in total. The Morgan fingerprint density at radius 1 is 1.43 bits per heavy atom. The molecule has 0 bridgehead atoms. The number of fused-ring (bicyclic) bond motifs is 1. The van der Waals surface area contributed by atoms with E-state index in [2.05, 4.69) is 6.19 Å². The molecule has 0 fully saturated rings. The third kappa shape index (κ3) is 1.26. The minimum Gasteiger partial charge on any atom is -0.357 e. The summed E-state index contributed by atoms with van der Waals surface area (Å²) in [6.45, 7) is 0. The number of nitriles is 1. The molecular weight excluding hydrogens is 176 g/mol. The number of benzene rings is 1. The summed E-state index contributed by atoms with van der Waals surface area (Å²) in [7, 11) is 1.59. The summed E-state index contributed by atoms with van der Waals surface area (Å²) in [5.41, 5.74) is 1.94. The lowest BCUT2D eigenvalue weighted by molar-refractivity contribution is 0.146. The quantitative estimate of drug-likeness (QED) is 0.629. The Kier molecular flexibility index (Phi) is 2.21. The van der Waals surface area contributed by atoms with E-state index >= 15 is 0 Å². The molecule has 0 amide bonds. The van der Waals surface area contributed by atoms with Gasteiger partial charge in [-0.3, -0.25) is 0 Å². The van der Waals surface area contributed by atoms with Gasteiger partial charge in [-0.1, -0.05) is 24.3 Å². The van der Waals surface area contributed by atoms with Gasteiger partial charge in [0.2, 0.25) is 0 Å². The molecule has 0 saturated carbocycles. The smallest absolute Gasteiger partial charge is 0.186 e. The van der Waals surface area contributed by atoms with Crippen LogP contribution in [0.1, 0.15) is 5.56 Å². The Bertz CT molecular complexity index is 406. The highest BCUT2D eigenvalue weighted by Crippen LogP contribution is 2.27. The van der Waals surface area contributed by atoms with Gasteiger partial charge in [-0.25, -0.2) is 4.90 Å². The highest BCUT2D eigenvalue weighted by molar-refractivity contribution is 5.73. The summed E-state index contributed by atoms with van der Waals surface area (Å²) < 4.78 is 5.17. The van der Waals surface area contributed by atoms with Crippen molar-refractivity contribution in [2.45, 2.75) is 6.23 Å². The summed E-state index contributed by atoms with van der Waals surface area (Å²) in [5, 5.41) is 9.00. The standard InChI is InChI=1S/C11H10N2O/c1-14-11-7-6-9-4-2-3-5-10(9)13(11)8-12/h2-7,11H,1H3. The number of hydrogen-bond donors (Lipinski definition) is 0. The Morgan fingerprint density at radius 3 is 2.93 bits per heavy atom. The van der Waals surface area contributed by atoms with Crippen molar-refractivity contribution in [3.63, 3.8) is 0 Å². The van der Waals surface area contributed by atoms with Crippen LogP contribution < -0.4 is 4.90 Å². The Balaban J connectivity index is 2.48. The molecule has 1 atom stereocenters. The van der Waals surface area contributed by atoms with Gasteiger partial charge >= 0.3 is 0 Å². The minimum absolute atomic E-state index is 0.283. The van der Waals surface area contributed by atoms with Crippen LogP contribution in [-0.4, -0.2) is 13.3 Å². The first-order valence-electron chi connectivity index (χ1n) is 4.36. The van der Waals surface area contributed by atoms with Crippen molar-refractivity contribution >= 4 is 11.8 Å². The lowest BCUT2D eigenvalue weighted by Gasteiger charge is -2.27. The lowest BCUT2D eigenvalue weighted by Crippen LogP contribution is -2.33. The maximum absolute atomic E-state index is 9.00. The first kappa shape index (κ1) is 8.79. The van der Waals surface area contributed by atoms with E-state index < -0.39 is 0 Å². The molecule has 0 radical (unpaired) electrons. The second-order valence-corrected chi connectivity index (χ2v) is 3.01. The van der Waals surface area contributed by atoms with E-state index in [9.17, 15) is 0 Å². The predicted molar refractivity (Wildman–Crippen MR) is 54.4 cm³/mol. The van der Waals surface area contributed by atoms with Gasteiger partial charge < -0.3 is 4.74 Å². The molecule has 1 aliphatic rings. The van der Waals surface area contributed by atoms with E-state index in [0.29, 0.717) is 0 Å². The van der Waals surface area contributed by atoms with Crippen LogP contribution in [-0.2, 0) is 4.74 Å². The molecule has 1 unspecified atom stereocenters. The van der Waals surface area contributed by atoms with E-state index in [1.807, 2.05) is 36.4 Å². The third-order valence-electron chi connectivity index (χ3n) is 2.24. The van der Waals surface area contributed by atoms with Crippen LogP contribution in [0.4, 0.5) is 5.69 Å². The maximum atomic E-state index is 9.00. The molecule has 3 heteroatoms. The summed E-state index contributed by atoms with van der Waals surface area (Å²) in [6, 6.07) is 7.75. The Hall–Kier alpha value is -1.79. The van der Waals surface area contributed by atoms with Crippen molar-refractivity contribution in [1.82, 2.24) is 0 Å². The number of nitrogens with zero attached hydrogens (tertiary/aromatic N) is 2. The average molecular weight is 186 g/mol. The monoisotopic (exact) mass is 186 g/mol. The van der Waals surface area contributed by atoms with Gasteiger partial charge in [0.05, 0.1) is 5.69 Å². The van der Waals surface area contributed by atoms with Gasteiger partial charge in [0.25, 0.3) is 0 Å². The maximum Gasteiger partial charge on any atom is 0.186 e. The first-order chi connectivity index (χ1) is 6.86. The fraction of sp³-hybridized carbons (Fsp3) is 0.182. The molecule has 1 heterocycles. The topological polar surface area (TPSA) is 36.3 Å². The number of anilines is 1. The minimum atomic E-state index is -0.283. The zero-order valence-corrected chi connectivity index (χ0v) is 7.84. The number of para-hydroxylation sites is 1. The fourth-order valence-electron chi connectivity index (χ4n) is 1.55. The zero-order chi connectivity index (χ0) is 9.97. The van der Waals surface area contributed by atoms with Crippen molar-refractivity contribution in [1.29, 1.82) is 5.26 Å². The molecular formula is C11H10N2O. The summed E-state index contributed by atoms with van der Waals surface area (Å²) in [6.07, 6.45) is 5.67. The van der Waals surface area contributed by atoms with E-state index in [-0.39, 0.29) is 6.23 Å². The van der Waals surface area contributed by atoms with Gasteiger partial charge in [0.1, 0.15) is 0 Å². The van der Waals surface area contributed by atoms with Crippen molar-refractivity contribution in [3.8, 4) is 6.19 Å². The highest BCUT2D eigenvalue weighted by Gasteiger charge is 2.21. The largest absolute Gasteiger partial charge is 0.357 e. The number of methoxy groups -OCH3 is 1. The molecule has 1 aromatic carbocycles. The Morgan fingerprint density at radius 2 is 2.21 bits per heavy atom. The van der Waals surface area contributed by atoms with Gasteiger partial charge in [-0.05, 0) is 17.7 Å². The van der Waals surface area contributed by atoms with Crippen molar-refractivity contribution in [3.05, 3.63) is 35.9 Å². The normalized spacial score (nSPS) is 18.9. The van der Waals surface area contributed by atoms with E-state index in [0.717, 1.165) is 11.3 Å². The molecule has 1 aromatic rings. The van der Waals surface area contributed by atoms with Crippen molar-refractivity contribution in [2.75, 3.05) is 12.0 Å². The lowest BCUT2D eigenvalue weighted by atomic mass is 10.1. The van der Waals surface area contributed by atoms with Gasteiger partial charge in [0, 0.05) is 7.11 Å². The zero-order valence-electron chi connectivity index (χ0n) is 7.84. The van der Waals surface area contributed by atoms with Crippen LogP contribution in [0.2, 0.25) is 0 Å².